The van der Waals surface area contributed by atoms with E-state index in [4.69, 9.17) is 4.74 Å². The van der Waals surface area contributed by atoms with E-state index >= 15 is 0 Å². The first-order valence-electron chi connectivity index (χ1n) is 5.33. The quantitative estimate of drug-likeness (QED) is 0.833. The van der Waals surface area contributed by atoms with Crippen LogP contribution in [0.1, 0.15) is 0 Å². The Bertz CT molecular complexity index is 419. The van der Waals surface area contributed by atoms with Gasteiger partial charge in [-0.2, -0.15) is 0 Å². The van der Waals surface area contributed by atoms with Crippen molar-refractivity contribution >= 4 is 21.6 Å². The van der Waals surface area contributed by atoms with Gasteiger partial charge < -0.3 is 14.4 Å². The molecule has 0 radical (unpaired) electrons. The Morgan fingerprint density at radius 2 is 1.83 bits per heavy atom. The average Bonchev–Trinajstić information content (AvgIpc) is 2.27. The van der Waals surface area contributed by atoms with Gasteiger partial charge in [-0.15, -0.1) is 13.2 Å². The summed E-state index contributed by atoms with van der Waals surface area (Å²) in [6.45, 7) is 2.45. The third kappa shape index (κ3) is 3.78. The van der Waals surface area contributed by atoms with Crippen molar-refractivity contribution in [2.75, 3.05) is 31.2 Å². The standard InChI is InChI=1S/C11H11BrF3NO2/c12-8-5-9(16-1-3-17-4-2-16)7-10(6-8)18-11(13,14)15/h5-7H,1-4H2. The Hall–Kier alpha value is -0.950. The van der Waals surface area contributed by atoms with E-state index in [0.717, 1.165) is 0 Å². The second-order valence-electron chi connectivity index (χ2n) is 3.79. The van der Waals surface area contributed by atoms with E-state index in [1.54, 1.807) is 6.07 Å². The summed E-state index contributed by atoms with van der Waals surface area (Å²) < 4.78 is 46.2. The monoisotopic (exact) mass is 325 g/mol. The van der Waals surface area contributed by atoms with Crippen molar-refractivity contribution in [3.05, 3.63) is 22.7 Å². The van der Waals surface area contributed by atoms with Crippen LogP contribution in [0.2, 0.25) is 0 Å². The van der Waals surface area contributed by atoms with Gasteiger partial charge in [-0.05, 0) is 12.1 Å². The van der Waals surface area contributed by atoms with E-state index in [2.05, 4.69) is 20.7 Å². The summed E-state index contributed by atoms with van der Waals surface area (Å²) >= 11 is 3.18. The van der Waals surface area contributed by atoms with Gasteiger partial charge >= 0.3 is 6.36 Å². The van der Waals surface area contributed by atoms with Crippen molar-refractivity contribution < 1.29 is 22.6 Å². The predicted molar refractivity (Wildman–Crippen MR) is 63.9 cm³/mol. The fourth-order valence-corrected chi connectivity index (χ4v) is 2.20. The Labute approximate surface area is 111 Å². The van der Waals surface area contributed by atoms with E-state index < -0.39 is 6.36 Å². The first kappa shape index (κ1) is 13.5. The summed E-state index contributed by atoms with van der Waals surface area (Å²) in [5.74, 6) is -0.224. The van der Waals surface area contributed by atoms with Gasteiger partial charge in [-0.25, -0.2) is 0 Å². The maximum atomic E-state index is 12.2. The number of ether oxygens (including phenoxy) is 2. The molecule has 1 aliphatic rings. The van der Waals surface area contributed by atoms with Crippen LogP contribution in [-0.2, 0) is 4.74 Å². The first-order valence-corrected chi connectivity index (χ1v) is 6.12. The van der Waals surface area contributed by atoms with Gasteiger partial charge in [-0.1, -0.05) is 15.9 Å². The largest absolute Gasteiger partial charge is 0.573 e. The highest BCUT2D eigenvalue weighted by Crippen LogP contribution is 2.31. The van der Waals surface area contributed by atoms with Crippen molar-refractivity contribution in [1.29, 1.82) is 0 Å². The predicted octanol–water partition coefficient (Wildman–Crippen LogP) is 3.18. The lowest BCUT2D eigenvalue weighted by atomic mass is 10.2. The van der Waals surface area contributed by atoms with Gasteiger partial charge in [-0.3, -0.25) is 0 Å². The number of benzene rings is 1. The molecule has 0 saturated carbocycles. The minimum atomic E-state index is -4.68. The maximum Gasteiger partial charge on any atom is 0.573 e. The van der Waals surface area contributed by atoms with Gasteiger partial charge in [0.05, 0.1) is 13.2 Å². The highest BCUT2D eigenvalue weighted by molar-refractivity contribution is 9.10. The van der Waals surface area contributed by atoms with Gasteiger partial charge in [0, 0.05) is 29.3 Å². The van der Waals surface area contributed by atoms with Crippen LogP contribution in [0.4, 0.5) is 18.9 Å². The van der Waals surface area contributed by atoms with Gasteiger partial charge in [0.25, 0.3) is 0 Å². The van der Waals surface area contributed by atoms with Crippen LogP contribution in [0.25, 0.3) is 0 Å². The SMILES string of the molecule is FC(F)(F)Oc1cc(Br)cc(N2CCOCC2)c1. The molecule has 0 N–H and O–H groups in total. The molecule has 0 spiro atoms. The zero-order valence-electron chi connectivity index (χ0n) is 9.34. The van der Waals surface area contributed by atoms with Gasteiger partial charge in [0.1, 0.15) is 5.75 Å². The molecule has 7 heteroatoms. The number of alkyl halides is 3. The van der Waals surface area contributed by atoms with E-state index in [9.17, 15) is 13.2 Å². The Morgan fingerprint density at radius 3 is 2.44 bits per heavy atom. The van der Waals surface area contributed by atoms with Crippen molar-refractivity contribution in [1.82, 2.24) is 0 Å². The summed E-state index contributed by atoms with van der Waals surface area (Å²) in [6.07, 6.45) is -4.68. The van der Waals surface area contributed by atoms with Crippen LogP contribution >= 0.6 is 15.9 Å². The number of morpholine rings is 1. The third-order valence-corrected chi connectivity index (χ3v) is 2.92. The third-order valence-electron chi connectivity index (χ3n) is 2.47. The number of nitrogens with zero attached hydrogens (tertiary/aromatic N) is 1. The van der Waals surface area contributed by atoms with E-state index in [1.165, 1.54) is 12.1 Å². The van der Waals surface area contributed by atoms with Crippen molar-refractivity contribution in [3.8, 4) is 5.75 Å². The highest BCUT2D eigenvalue weighted by atomic mass is 79.9. The summed E-state index contributed by atoms with van der Waals surface area (Å²) in [5.41, 5.74) is 0.687. The molecule has 1 aromatic rings. The number of anilines is 1. The smallest absolute Gasteiger partial charge is 0.406 e. The lowest BCUT2D eigenvalue weighted by Crippen LogP contribution is -2.36. The normalized spacial score (nSPS) is 16.8. The minimum Gasteiger partial charge on any atom is -0.406 e. The molecule has 1 heterocycles. The van der Waals surface area contributed by atoms with Crippen molar-refractivity contribution in [2.24, 2.45) is 0 Å². The highest BCUT2D eigenvalue weighted by Gasteiger charge is 2.31. The number of hydrogen-bond donors (Lipinski definition) is 0. The van der Waals surface area contributed by atoms with Gasteiger partial charge in [0.15, 0.2) is 0 Å². The number of rotatable bonds is 2. The molecule has 0 atom stereocenters. The Balaban J connectivity index is 2.20. The van der Waals surface area contributed by atoms with Gasteiger partial charge in [0.2, 0.25) is 0 Å². The first-order chi connectivity index (χ1) is 8.44. The molecule has 0 bridgehead atoms. The molecule has 0 aliphatic carbocycles. The fourth-order valence-electron chi connectivity index (χ4n) is 1.74. The zero-order valence-corrected chi connectivity index (χ0v) is 10.9. The molecule has 3 nitrogen and oxygen atoms in total. The molecule has 0 unspecified atom stereocenters. The molecule has 100 valence electrons. The number of halogens is 4. The molecule has 2 rings (SSSR count). The maximum absolute atomic E-state index is 12.2. The van der Waals surface area contributed by atoms with E-state index in [1.807, 2.05) is 4.90 Å². The second-order valence-corrected chi connectivity index (χ2v) is 4.71. The molecular weight excluding hydrogens is 315 g/mol. The lowest BCUT2D eigenvalue weighted by Gasteiger charge is -2.29. The Kier molecular flexibility index (Phi) is 4.01. The minimum absolute atomic E-state index is 0.224. The average molecular weight is 326 g/mol. The van der Waals surface area contributed by atoms with Crippen LogP contribution in [0.15, 0.2) is 22.7 Å². The van der Waals surface area contributed by atoms with Crippen molar-refractivity contribution in [3.63, 3.8) is 0 Å². The Morgan fingerprint density at radius 1 is 1.17 bits per heavy atom. The molecule has 1 aliphatic heterocycles. The molecule has 1 aromatic carbocycles. The molecular formula is C11H11BrF3NO2. The zero-order chi connectivity index (χ0) is 13.2. The van der Waals surface area contributed by atoms with Crippen molar-refractivity contribution in [2.45, 2.75) is 6.36 Å². The molecule has 0 amide bonds. The van der Waals surface area contributed by atoms with Crippen LogP contribution < -0.4 is 9.64 Å². The summed E-state index contributed by atoms with van der Waals surface area (Å²) in [6, 6.07) is 4.43. The summed E-state index contributed by atoms with van der Waals surface area (Å²) in [4.78, 5) is 1.96. The van der Waals surface area contributed by atoms with E-state index in [-0.39, 0.29) is 5.75 Å². The molecule has 18 heavy (non-hydrogen) atoms. The lowest BCUT2D eigenvalue weighted by molar-refractivity contribution is -0.274. The molecule has 0 aromatic heterocycles. The molecule has 1 fully saturated rings. The summed E-state index contributed by atoms with van der Waals surface area (Å²) in [5, 5.41) is 0. The van der Waals surface area contributed by atoms with Crippen LogP contribution in [0.5, 0.6) is 5.75 Å². The number of hydrogen-bond acceptors (Lipinski definition) is 3. The molecule has 1 saturated heterocycles. The fraction of sp³-hybridized carbons (Fsp3) is 0.455. The van der Waals surface area contributed by atoms with E-state index in [0.29, 0.717) is 36.5 Å². The topological polar surface area (TPSA) is 21.7 Å². The second kappa shape index (κ2) is 5.36. The van der Waals surface area contributed by atoms with Crippen LogP contribution in [0.3, 0.4) is 0 Å². The summed E-state index contributed by atoms with van der Waals surface area (Å²) in [7, 11) is 0. The van der Waals surface area contributed by atoms with Crippen LogP contribution in [-0.4, -0.2) is 32.7 Å². The van der Waals surface area contributed by atoms with Crippen LogP contribution in [0, 0.1) is 0 Å².